The van der Waals surface area contributed by atoms with Crippen LogP contribution < -0.4 is 11.1 Å². The lowest BCUT2D eigenvalue weighted by molar-refractivity contribution is -0.122. The number of amides is 1. The number of hydrogen-bond donors (Lipinski definition) is 2. The lowest BCUT2D eigenvalue weighted by Crippen LogP contribution is -2.52. The zero-order chi connectivity index (χ0) is 12.7. The number of ether oxygens (including phenoxy) is 1. The summed E-state index contributed by atoms with van der Waals surface area (Å²) in [7, 11) is 0. The molecule has 100 valence electrons. The van der Waals surface area contributed by atoms with Crippen molar-refractivity contribution in [3.05, 3.63) is 0 Å². The van der Waals surface area contributed by atoms with E-state index in [1.54, 1.807) is 0 Å². The number of morpholine rings is 1. The first kappa shape index (κ1) is 14.4. The van der Waals surface area contributed by atoms with E-state index in [0.717, 1.165) is 32.7 Å². The second-order valence-electron chi connectivity index (χ2n) is 4.64. The molecule has 0 saturated carbocycles. The molecule has 1 heterocycles. The van der Waals surface area contributed by atoms with E-state index < -0.39 is 0 Å². The molecule has 1 fully saturated rings. The van der Waals surface area contributed by atoms with Gasteiger partial charge >= 0.3 is 0 Å². The molecule has 0 spiro atoms. The highest BCUT2D eigenvalue weighted by Crippen LogP contribution is 2.07. The quantitative estimate of drug-likeness (QED) is 0.686. The van der Waals surface area contributed by atoms with Crippen LogP contribution >= 0.6 is 0 Å². The van der Waals surface area contributed by atoms with Gasteiger partial charge in [0.1, 0.15) is 0 Å². The largest absolute Gasteiger partial charge is 0.379 e. The van der Waals surface area contributed by atoms with Gasteiger partial charge in [-0.25, -0.2) is 0 Å². The zero-order valence-electron chi connectivity index (χ0n) is 10.9. The fourth-order valence-electron chi connectivity index (χ4n) is 2.01. The molecule has 1 saturated heterocycles. The number of rotatable bonds is 6. The van der Waals surface area contributed by atoms with E-state index in [4.69, 9.17) is 10.5 Å². The molecule has 17 heavy (non-hydrogen) atoms. The smallest absolute Gasteiger partial charge is 0.220 e. The SMILES string of the molecule is CC(NC(=O)CCCN)C(C)N1CCOCC1. The van der Waals surface area contributed by atoms with Crippen molar-refractivity contribution in [2.75, 3.05) is 32.8 Å². The maximum Gasteiger partial charge on any atom is 0.220 e. The van der Waals surface area contributed by atoms with Gasteiger partial charge in [0, 0.05) is 31.6 Å². The first-order chi connectivity index (χ1) is 8.15. The predicted octanol–water partition coefficient (Wildman–Crippen LogP) is -0.0493. The van der Waals surface area contributed by atoms with Crippen LogP contribution in [0.5, 0.6) is 0 Å². The average molecular weight is 243 g/mol. The molecule has 0 radical (unpaired) electrons. The minimum absolute atomic E-state index is 0.100. The summed E-state index contributed by atoms with van der Waals surface area (Å²) in [6, 6.07) is 0.513. The summed E-state index contributed by atoms with van der Waals surface area (Å²) in [4.78, 5) is 13.9. The Morgan fingerprint density at radius 1 is 1.41 bits per heavy atom. The van der Waals surface area contributed by atoms with Gasteiger partial charge in [-0.2, -0.15) is 0 Å². The van der Waals surface area contributed by atoms with Crippen LogP contribution in [0.15, 0.2) is 0 Å². The van der Waals surface area contributed by atoms with E-state index in [1.165, 1.54) is 0 Å². The molecule has 1 aliphatic heterocycles. The molecule has 1 rings (SSSR count). The van der Waals surface area contributed by atoms with Crippen molar-refractivity contribution in [1.82, 2.24) is 10.2 Å². The molecule has 2 atom stereocenters. The third-order valence-corrected chi connectivity index (χ3v) is 3.34. The van der Waals surface area contributed by atoms with Gasteiger partial charge in [-0.05, 0) is 26.8 Å². The van der Waals surface area contributed by atoms with Gasteiger partial charge in [-0.15, -0.1) is 0 Å². The van der Waals surface area contributed by atoms with Crippen molar-refractivity contribution in [2.24, 2.45) is 5.73 Å². The van der Waals surface area contributed by atoms with Crippen molar-refractivity contribution < 1.29 is 9.53 Å². The molecular formula is C12H25N3O2. The summed E-state index contributed by atoms with van der Waals surface area (Å²) in [5.74, 6) is 0.100. The summed E-state index contributed by atoms with van der Waals surface area (Å²) < 4.78 is 5.32. The Balaban J connectivity index is 2.29. The second-order valence-corrected chi connectivity index (χ2v) is 4.64. The molecule has 0 aromatic carbocycles. The summed E-state index contributed by atoms with van der Waals surface area (Å²) in [6.07, 6.45) is 1.28. The number of hydrogen-bond acceptors (Lipinski definition) is 4. The molecule has 3 N–H and O–H groups in total. The lowest BCUT2D eigenvalue weighted by atomic mass is 10.1. The topological polar surface area (TPSA) is 67.6 Å². The Morgan fingerprint density at radius 2 is 2.06 bits per heavy atom. The van der Waals surface area contributed by atoms with Crippen molar-refractivity contribution in [2.45, 2.75) is 38.8 Å². The zero-order valence-corrected chi connectivity index (χ0v) is 10.9. The van der Waals surface area contributed by atoms with Crippen LogP contribution in [0.1, 0.15) is 26.7 Å². The van der Waals surface area contributed by atoms with Gasteiger partial charge in [0.25, 0.3) is 0 Å². The van der Waals surface area contributed by atoms with E-state index in [2.05, 4.69) is 24.1 Å². The number of carbonyl (C=O) groups excluding carboxylic acids is 1. The molecule has 5 heteroatoms. The van der Waals surface area contributed by atoms with Gasteiger partial charge in [-0.3, -0.25) is 9.69 Å². The fourth-order valence-corrected chi connectivity index (χ4v) is 2.01. The van der Waals surface area contributed by atoms with Crippen molar-refractivity contribution in [3.8, 4) is 0 Å². The van der Waals surface area contributed by atoms with Crippen LogP contribution in [0.3, 0.4) is 0 Å². The Hall–Kier alpha value is -0.650. The van der Waals surface area contributed by atoms with Crippen LogP contribution in [-0.2, 0) is 9.53 Å². The van der Waals surface area contributed by atoms with Gasteiger partial charge in [-0.1, -0.05) is 0 Å². The Kier molecular flexibility index (Phi) is 6.47. The normalized spacial score (nSPS) is 20.9. The van der Waals surface area contributed by atoms with E-state index in [-0.39, 0.29) is 11.9 Å². The van der Waals surface area contributed by atoms with Crippen LogP contribution in [0, 0.1) is 0 Å². The highest BCUT2D eigenvalue weighted by Gasteiger charge is 2.22. The van der Waals surface area contributed by atoms with Gasteiger partial charge in [0.2, 0.25) is 5.91 Å². The summed E-state index contributed by atoms with van der Waals surface area (Å²) in [6.45, 7) is 8.26. The first-order valence-corrected chi connectivity index (χ1v) is 6.46. The standard InChI is InChI=1S/C12H25N3O2/c1-10(14-12(16)4-3-5-13)11(2)15-6-8-17-9-7-15/h10-11H,3-9,13H2,1-2H3,(H,14,16). The van der Waals surface area contributed by atoms with E-state index in [1.807, 2.05) is 0 Å². The van der Waals surface area contributed by atoms with Gasteiger partial charge in [0.15, 0.2) is 0 Å². The van der Waals surface area contributed by atoms with E-state index >= 15 is 0 Å². The van der Waals surface area contributed by atoms with E-state index in [0.29, 0.717) is 19.0 Å². The highest BCUT2D eigenvalue weighted by molar-refractivity contribution is 5.76. The Bertz CT molecular complexity index is 230. The van der Waals surface area contributed by atoms with E-state index in [9.17, 15) is 4.79 Å². The molecule has 0 aromatic rings. The maximum atomic E-state index is 11.6. The lowest BCUT2D eigenvalue weighted by Gasteiger charge is -2.35. The number of carbonyl (C=O) groups is 1. The molecule has 1 amide bonds. The van der Waals surface area contributed by atoms with Crippen LogP contribution in [0.4, 0.5) is 0 Å². The minimum Gasteiger partial charge on any atom is -0.379 e. The Morgan fingerprint density at radius 3 is 2.65 bits per heavy atom. The molecule has 5 nitrogen and oxygen atoms in total. The number of nitrogens with one attached hydrogen (secondary N) is 1. The number of nitrogens with two attached hydrogens (primary N) is 1. The van der Waals surface area contributed by atoms with Crippen molar-refractivity contribution in [1.29, 1.82) is 0 Å². The Labute approximate surface area is 104 Å². The highest BCUT2D eigenvalue weighted by atomic mass is 16.5. The van der Waals surface area contributed by atoms with Crippen LogP contribution in [-0.4, -0.2) is 55.7 Å². The molecule has 1 aliphatic rings. The third-order valence-electron chi connectivity index (χ3n) is 3.34. The molecular weight excluding hydrogens is 218 g/mol. The predicted molar refractivity (Wildman–Crippen MR) is 67.7 cm³/mol. The molecule has 2 unspecified atom stereocenters. The van der Waals surface area contributed by atoms with Crippen LogP contribution in [0.25, 0.3) is 0 Å². The first-order valence-electron chi connectivity index (χ1n) is 6.46. The minimum atomic E-state index is 0.100. The summed E-state index contributed by atoms with van der Waals surface area (Å²) >= 11 is 0. The van der Waals surface area contributed by atoms with Gasteiger partial charge < -0.3 is 15.8 Å². The molecule has 0 aliphatic carbocycles. The fraction of sp³-hybridized carbons (Fsp3) is 0.917. The monoisotopic (exact) mass is 243 g/mol. The summed E-state index contributed by atoms with van der Waals surface area (Å²) in [5, 5.41) is 3.03. The van der Waals surface area contributed by atoms with Gasteiger partial charge in [0.05, 0.1) is 13.2 Å². The number of nitrogens with zero attached hydrogens (tertiary/aromatic N) is 1. The van der Waals surface area contributed by atoms with Crippen molar-refractivity contribution >= 4 is 5.91 Å². The summed E-state index contributed by atoms with van der Waals surface area (Å²) in [5.41, 5.74) is 5.38. The molecule has 0 bridgehead atoms. The molecule has 0 aromatic heterocycles. The third kappa shape index (κ3) is 5.02. The second kappa shape index (κ2) is 7.63. The average Bonchev–Trinajstić information content (AvgIpc) is 2.36. The van der Waals surface area contributed by atoms with Crippen molar-refractivity contribution in [3.63, 3.8) is 0 Å². The van der Waals surface area contributed by atoms with Crippen LogP contribution in [0.2, 0.25) is 0 Å². The maximum absolute atomic E-state index is 11.6.